The first-order valence-electron chi connectivity index (χ1n) is 8.10. The predicted octanol–water partition coefficient (Wildman–Crippen LogP) is 0.856. The number of carbonyl (C=O) groups excluding carboxylic acids is 2. The normalized spacial score (nSPS) is 35.4. The lowest BCUT2D eigenvalue weighted by Crippen LogP contribution is -2.59. The Morgan fingerprint density at radius 1 is 1.41 bits per heavy atom. The number of nitrogens with one attached hydrogen (secondary N) is 1. The topological polar surface area (TPSA) is 64.6 Å². The summed E-state index contributed by atoms with van der Waals surface area (Å²) in [5.41, 5.74) is -1.56. The van der Waals surface area contributed by atoms with Crippen molar-refractivity contribution in [2.75, 3.05) is 6.61 Å². The standard InChI is InChI=1S/C16H27NO4Si/c1-5-9-20-13(19)16(11-10-12(18)17-11)14(6-2,7-3)15(16,8-4)21-22/h5,11H,1,6-10H2,2-4,22H3,(H,17,18). The summed E-state index contributed by atoms with van der Waals surface area (Å²) in [5, 5.41) is 2.92. The van der Waals surface area contributed by atoms with Crippen LogP contribution in [0.25, 0.3) is 0 Å². The average Bonchev–Trinajstić information content (AvgIpc) is 3.06. The second-order valence-corrected chi connectivity index (χ2v) is 6.60. The number of esters is 1. The van der Waals surface area contributed by atoms with Crippen LogP contribution < -0.4 is 5.32 Å². The van der Waals surface area contributed by atoms with Gasteiger partial charge in [-0.3, -0.25) is 9.59 Å². The van der Waals surface area contributed by atoms with Crippen molar-refractivity contribution in [3.63, 3.8) is 0 Å². The quantitative estimate of drug-likeness (QED) is 0.311. The Kier molecular flexibility index (Phi) is 4.55. The Balaban J connectivity index is 2.50. The molecule has 5 nitrogen and oxygen atoms in total. The summed E-state index contributed by atoms with van der Waals surface area (Å²) in [7, 11) is 0.548. The van der Waals surface area contributed by atoms with Crippen molar-refractivity contribution in [1.82, 2.24) is 5.32 Å². The predicted molar refractivity (Wildman–Crippen MR) is 87.2 cm³/mol. The van der Waals surface area contributed by atoms with Crippen LogP contribution in [-0.4, -0.2) is 40.6 Å². The third-order valence-corrected chi connectivity index (χ3v) is 6.75. The molecule has 6 heteroatoms. The number of hydrogen-bond acceptors (Lipinski definition) is 4. The van der Waals surface area contributed by atoms with E-state index in [4.69, 9.17) is 9.16 Å². The van der Waals surface area contributed by atoms with E-state index in [0.29, 0.717) is 16.9 Å². The molecule has 3 unspecified atom stereocenters. The molecule has 1 amide bonds. The molecule has 22 heavy (non-hydrogen) atoms. The van der Waals surface area contributed by atoms with Gasteiger partial charge in [0.05, 0.1) is 11.6 Å². The maximum Gasteiger partial charge on any atom is 0.318 e. The van der Waals surface area contributed by atoms with Gasteiger partial charge in [0.1, 0.15) is 22.5 Å². The minimum absolute atomic E-state index is 0.00717. The Bertz CT molecular complexity index is 457. The molecule has 0 aromatic carbocycles. The average molecular weight is 325 g/mol. The first-order valence-corrected chi connectivity index (χ1v) is 8.92. The van der Waals surface area contributed by atoms with E-state index in [9.17, 15) is 9.59 Å². The van der Waals surface area contributed by atoms with Crippen molar-refractivity contribution in [3.05, 3.63) is 12.7 Å². The molecule has 1 aliphatic heterocycles. The minimum atomic E-state index is -0.767. The van der Waals surface area contributed by atoms with Crippen LogP contribution in [0.4, 0.5) is 0 Å². The fourth-order valence-corrected chi connectivity index (χ4v) is 6.25. The number of β-lactam (4-membered cyclic amide) rings is 1. The van der Waals surface area contributed by atoms with Gasteiger partial charge in [0, 0.05) is 11.8 Å². The van der Waals surface area contributed by atoms with Crippen molar-refractivity contribution in [2.24, 2.45) is 10.8 Å². The van der Waals surface area contributed by atoms with Gasteiger partial charge in [-0.2, -0.15) is 0 Å². The van der Waals surface area contributed by atoms with E-state index in [1.165, 1.54) is 0 Å². The molecular weight excluding hydrogens is 298 g/mol. The van der Waals surface area contributed by atoms with Crippen molar-refractivity contribution in [3.8, 4) is 0 Å². The van der Waals surface area contributed by atoms with E-state index in [1.807, 2.05) is 0 Å². The van der Waals surface area contributed by atoms with Gasteiger partial charge in [-0.25, -0.2) is 0 Å². The van der Waals surface area contributed by atoms with E-state index in [2.05, 4.69) is 32.7 Å². The van der Waals surface area contributed by atoms with Crippen LogP contribution in [0, 0.1) is 10.8 Å². The molecule has 0 radical (unpaired) electrons. The zero-order valence-electron chi connectivity index (χ0n) is 14.0. The van der Waals surface area contributed by atoms with Gasteiger partial charge in [0.25, 0.3) is 0 Å². The molecule has 0 spiro atoms. The smallest absolute Gasteiger partial charge is 0.318 e. The van der Waals surface area contributed by atoms with Crippen LogP contribution in [0.3, 0.4) is 0 Å². The maximum atomic E-state index is 13.0. The molecule has 1 saturated carbocycles. The van der Waals surface area contributed by atoms with Gasteiger partial charge < -0.3 is 14.5 Å². The SMILES string of the molecule is C=CCOC(=O)C1(C2CC(=O)N2)C(CC)(CC)C1(CC)O[SiH3]. The van der Waals surface area contributed by atoms with Crippen LogP contribution >= 0.6 is 0 Å². The highest BCUT2D eigenvalue weighted by Gasteiger charge is 2.92. The number of hydrogen-bond donors (Lipinski definition) is 1. The molecule has 1 saturated heterocycles. The summed E-state index contributed by atoms with van der Waals surface area (Å²) in [5.74, 6) is -0.258. The number of amides is 1. The molecule has 0 bridgehead atoms. The van der Waals surface area contributed by atoms with Gasteiger partial charge in [-0.1, -0.05) is 33.4 Å². The van der Waals surface area contributed by atoms with Crippen LogP contribution in [0.1, 0.15) is 46.5 Å². The van der Waals surface area contributed by atoms with Crippen LogP contribution in [0.5, 0.6) is 0 Å². The highest BCUT2D eigenvalue weighted by molar-refractivity contribution is 6.00. The lowest BCUT2D eigenvalue weighted by Gasteiger charge is -2.37. The zero-order valence-corrected chi connectivity index (χ0v) is 16.0. The second-order valence-electron chi connectivity index (χ2n) is 6.19. The van der Waals surface area contributed by atoms with Crippen molar-refractivity contribution in [1.29, 1.82) is 0 Å². The fourth-order valence-electron chi connectivity index (χ4n) is 5.25. The Hall–Kier alpha value is -1.14. The third-order valence-electron chi connectivity index (χ3n) is 6.06. The van der Waals surface area contributed by atoms with Crippen LogP contribution in [-0.2, 0) is 18.8 Å². The first-order chi connectivity index (χ1) is 10.5. The highest BCUT2D eigenvalue weighted by atomic mass is 28.2. The van der Waals surface area contributed by atoms with E-state index in [-0.39, 0.29) is 29.9 Å². The molecule has 2 fully saturated rings. The van der Waals surface area contributed by atoms with Crippen molar-refractivity contribution < 1.29 is 18.8 Å². The molecule has 0 aromatic rings. The summed E-state index contributed by atoms with van der Waals surface area (Å²) in [6.07, 6.45) is 4.34. The molecule has 2 aliphatic rings. The second kappa shape index (κ2) is 5.81. The first kappa shape index (κ1) is 17.2. The molecule has 0 aromatic heterocycles. The van der Waals surface area contributed by atoms with Gasteiger partial charge in [0.15, 0.2) is 0 Å². The van der Waals surface area contributed by atoms with Gasteiger partial charge in [-0.05, 0) is 19.3 Å². The van der Waals surface area contributed by atoms with Gasteiger partial charge in [0.2, 0.25) is 5.91 Å². The lowest BCUT2D eigenvalue weighted by atomic mass is 9.78. The number of ether oxygens (including phenoxy) is 1. The Morgan fingerprint density at radius 3 is 2.32 bits per heavy atom. The molecule has 1 N–H and O–H groups in total. The Labute approximate surface area is 135 Å². The van der Waals surface area contributed by atoms with Crippen LogP contribution in [0.15, 0.2) is 12.7 Å². The summed E-state index contributed by atoms with van der Waals surface area (Å²) < 4.78 is 11.5. The fraction of sp³-hybridized carbons (Fsp3) is 0.750. The third kappa shape index (κ3) is 1.68. The summed E-state index contributed by atoms with van der Waals surface area (Å²) in [6, 6.07) is -0.189. The number of carbonyl (C=O) groups is 2. The molecule has 2 rings (SSSR count). The lowest BCUT2D eigenvalue weighted by molar-refractivity contribution is -0.157. The summed E-state index contributed by atoms with van der Waals surface area (Å²) >= 11 is 0. The molecule has 1 heterocycles. The van der Waals surface area contributed by atoms with E-state index in [0.717, 1.165) is 19.3 Å². The van der Waals surface area contributed by atoms with Gasteiger partial charge in [-0.15, -0.1) is 0 Å². The van der Waals surface area contributed by atoms with Gasteiger partial charge >= 0.3 is 5.97 Å². The van der Waals surface area contributed by atoms with Crippen molar-refractivity contribution in [2.45, 2.75) is 58.1 Å². The zero-order chi connectivity index (χ0) is 16.6. The van der Waals surface area contributed by atoms with Crippen molar-refractivity contribution >= 4 is 22.4 Å². The Morgan fingerprint density at radius 2 is 2.00 bits per heavy atom. The molecule has 3 atom stereocenters. The highest BCUT2D eigenvalue weighted by Crippen LogP contribution is 2.80. The minimum Gasteiger partial charge on any atom is -0.461 e. The maximum absolute atomic E-state index is 13.0. The molecular formula is C16H27NO4Si. The van der Waals surface area contributed by atoms with E-state index in [1.54, 1.807) is 6.08 Å². The summed E-state index contributed by atoms with van der Waals surface area (Å²) in [4.78, 5) is 24.5. The number of rotatable bonds is 8. The van der Waals surface area contributed by atoms with Crippen LogP contribution in [0.2, 0.25) is 0 Å². The molecule has 1 aliphatic carbocycles. The molecule has 124 valence electrons. The van der Waals surface area contributed by atoms with E-state index < -0.39 is 11.0 Å². The van der Waals surface area contributed by atoms with E-state index >= 15 is 0 Å². The summed E-state index contributed by atoms with van der Waals surface area (Å²) in [6.45, 7) is 10.0. The largest absolute Gasteiger partial charge is 0.461 e. The monoisotopic (exact) mass is 325 g/mol.